The van der Waals surface area contributed by atoms with Crippen molar-refractivity contribution in [3.05, 3.63) is 42.2 Å². The van der Waals surface area contributed by atoms with Gasteiger partial charge in [0.25, 0.3) is 0 Å². The van der Waals surface area contributed by atoms with Crippen molar-refractivity contribution in [1.82, 2.24) is 14.9 Å². The number of carbonyl (C=O) groups excluding carboxylic acids is 1. The maximum absolute atomic E-state index is 12.7. The quantitative estimate of drug-likeness (QED) is 0.794. The summed E-state index contributed by atoms with van der Waals surface area (Å²) < 4.78 is 43.6. The number of halogens is 3. The zero-order chi connectivity index (χ0) is 21.9. The smallest absolute Gasteiger partial charge is 0.416 e. The molecule has 10 heteroatoms. The van der Waals surface area contributed by atoms with Gasteiger partial charge >= 0.3 is 12.3 Å². The fourth-order valence-corrected chi connectivity index (χ4v) is 2.96. The van der Waals surface area contributed by atoms with E-state index in [9.17, 15) is 18.0 Å². The Morgan fingerprint density at radius 1 is 1.00 bits per heavy atom. The standard InChI is InChI=1S/C20H24F3N5O2/c1-19(2,3)30-18(29)28-12-10-27(11-13-28)17-16(24-8-9-25-17)26-15-6-4-14(5-7-15)20(21,22)23/h4-9H,10-13H2,1-3H3,(H,24,26). The van der Waals surface area contributed by atoms with Crippen LogP contribution in [0.4, 0.5) is 35.3 Å². The molecule has 1 fully saturated rings. The van der Waals surface area contributed by atoms with Gasteiger partial charge in [0.15, 0.2) is 11.6 Å². The molecular weight excluding hydrogens is 399 g/mol. The number of piperazine rings is 1. The van der Waals surface area contributed by atoms with Gasteiger partial charge in [-0.05, 0) is 45.0 Å². The largest absolute Gasteiger partial charge is 0.444 e. The topological polar surface area (TPSA) is 70.6 Å². The fraction of sp³-hybridized carbons (Fsp3) is 0.450. The summed E-state index contributed by atoms with van der Waals surface area (Å²) >= 11 is 0. The molecule has 0 atom stereocenters. The Hall–Kier alpha value is -3.04. The SMILES string of the molecule is CC(C)(C)OC(=O)N1CCN(c2nccnc2Nc2ccc(C(F)(F)F)cc2)CC1. The highest BCUT2D eigenvalue weighted by Gasteiger charge is 2.30. The molecule has 0 bridgehead atoms. The second-order valence-electron chi connectivity index (χ2n) is 7.88. The van der Waals surface area contributed by atoms with Crippen molar-refractivity contribution in [3.8, 4) is 0 Å². The molecule has 2 aromatic rings. The van der Waals surface area contributed by atoms with Crippen LogP contribution in [0.1, 0.15) is 26.3 Å². The zero-order valence-electron chi connectivity index (χ0n) is 17.0. The Morgan fingerprint density at radius 2 is 1.60 bits per heavy atom. The normalized spacial score (nSPS) is 15.1. The highest BCUT2D eigenvalue weighted by atomic mass is 19.4. The van der Waals surface area contributed by atoms with Gasteiger partial charge in [-0.1, -0.05) is 0 Å². The van der Waals surface area contributed by atoms with Crippen LogP contribution in [-0.2, 0) is 10.9 Å². The summed E-state index contributed by atoms with van der Waals surface area (Å²) in [5.74, 6) is 1.00. The molecule has 7 nitrogen and oxygen atoms in total. The molecule has 1 aliphatic rings. The minimum absolute atomic E-state index is 0.357. The van der Waals surface area contributed by atoms with Crippen LogP contribution in [0, 0.1) is 0 Å². The first-order valence-electron chi connectivity index (χ1n) is 9.51. The lowest BCUT2D eigenvalue weighted by Gasteiger charge is -2.36. The number of alkyl halides is 3. The first-order chi connectivity index (χ1) is 14.0. The first-order valence-corrected chi connectivity index (χ1v) is 9.51. The molecule has 3 rings (SSSR count). The third-order valence-electron chi connectivity index (χ3n) is 4.38. The minimum Gasteiger partial charge on any atom is -0.444 e. The zero-order valence-corrected chi connectivity index (χ0v) is 17.0. The van der Waals surface area contributed by atoms with E-state index in [2.05, 4.69) is 15.3 Å². The van der Waals surface area contributed by atoms with Crippen molar-refractivity contribution in [2.75, 3.05) is 36.4 Å². The second-order valence-corrected chi connectivity index (χ2v) is 7.88. The van der Waals surface area contributed by atoms with Crippen LogP contribution in [-0.4, -0.2) is 52.7 Å². The number of nitrogens with one attached hydrogen (secondary N) is 1. The van der Waals surface area contributed by atoms with Crippen molar-refractivity contribution in [3.63, 3.8) is 0 Å². The van der Waals surface area contributed by atoms with E-state index in [0.29, 0.717) is 43.5 Å². The summed E-state index contributed by atoms with van der Waals surface area (Å²) in [5, 5.41) is 3.03. The molecule has 1 N–H and O–H groups in total. The Labute approximate surface area is 172 Å². The van der Waals surface area contributed by atoms with Crippen LogP contribution in [0.2, 0.25) is 0 Å². The number of carbonyl (C=O) groups is 1. The first kappa shape index (κ1) is 21.7. The Bertz CT molecular complexity index is 873. The molecule has 30 heavy (non-hydrogen) atoms. The maximum Gasteiger partial charge on any atom is 0.416 e. The number of hydrogen-bond donors (Lipinski definition) is 1. The van der Waals surface area contributed by atoms with Gasteiger partial charge in [-0.25, -0.2) is 14.8 Å². The molecule has 1 saturated heterocycles. The van der Waals surface area contributed by atoms with Crippen LogP contribution in [0.3, 0.4) is 0 Å². The van der Waals surface area contributed by atoms with Gasteiger partial charge < -0.3 is 19.9 Å². The van der Waals surface area contributed by atoms with E-state index in [1.165, 1.54) is 18.3 Å². The van der Waals surface area contributed by atoms with E-state index in [1.807, 2.05) is 25.7 Å². The number of aromatic nitrogens is 2. The summed E-state index contributed by atoms with van der Waals surface area (Å²) in [6, 6.07) is 4.72. The van der Waals surface area contributed by atoms with Crippen molar-refractivity contribution in [1.29, 1.82) is 0 Å². The Kier molecular flexibility index (Phi) is 6.04. The van der Waals surface area contributed by atoms with Crippen LogP contribution in [0.25, 0.3) is 0 Å². The van der Waals surface area contributed by atoms with Crippen LogP contribution in [0.15, 0.2) is 36.7 Å². The van der Waals surface area contributed by atoms with Gasteiger partial charge in [-0.15, -0.1) is 0 Å². The van der Waals surface area contributed by atoms with Gasteiger partial charge in [-0.2, -0.15) is 13.2 Å². The van der Waals surface area contributed by atoms with Crippen molar-refractivity contribution in [2.45, 2.75) is 32.5 Å². The monoisotopic (exact) mass is 423 g/mol. The summed E-state index contributed by atoms with van der Waals surface area (Å²) in [6.45, 7) is 7.44. The molecule has 2 heterocycles. The van der Waals surface area contributed by atoms with Crippen LogP contribution < -0.4 is 10.2 Å². The van der Waals surface area contributed by atoms with Crippen molar-refractivity contribution >= 4 is 23.4 Å². The molecule has 0 spiro atoms. The van der Waals surface area contributed by atoms with Gasteiger partial charge in [0.1, 0.15) is 5.60 Å². The number of nitrogens with zero attached hydrogens (tertiary/aromatic N) is 4. The molecule has 0 radical (unpaired) electrons. The van der Waals surface area contributed by atoms with E-state index in [0.717, 1.165) is 12.1 Å². The lowest BCUT2D eigenvalue weighted by molar-refractivity contribution is -0.137. The third-order valence-corrected chi connectivity index (χ3v) is 4.38. The number of amides is 1. The summed E-state index contributed by atoms with van der Waals surface area (Å²) in [4.78, 5) is 24.5. The lowest BCUT2D eigenvalue weighted by Crippen LogP contribution is -2.50. The molecule has 1 aliphatic heterocycles. The number of rotatable bonds is 3. The summed E-state index contributed by atoms with van der Waals surface area (Å²) in [6.07, 6.45) is -1.69. The number of benzene rings is 1. The highest BCUT2D eigenvalue weighted by Crippen LogP contribution is 2.31. The molecule has 0 saturated carbocycles. The molecular formula is C20H24F3N5O2. The Balaban J connectivity index is 1.67. The van der Waals surface area contributed by atoms with E-state index in [4.69, 9.17) is 4.74 Å². The fourth-order valence-electron chi connectivity index (χ4n) is 2.96. The third kappa shape index (κ3) is 5.52. The summed E-state index contributed by atoms with van der Waals surface area (Å²) in [5.41, 5.74) is -0.805. The van der Waals surface area contributed by atoms with Crippen LogP contribution in [0.5, 0.6) is 0 Å². The van der Waals surface area contributed by atoms with E-state index < -0.39 is 17.3 Å². The molecule has 162 valence electrons. The number of hydrogen-bond acceptors (Lipinski definition) is 6. The predicted octanol–water partition coefficient (Wildman–Crippen LogP) is 4.30. The van der Waals surface area contributed by atoms with Gasteiger partial charge in [0, 0.05) is 44.3 Å². The molecule has 0 unspecified atom stereocenters. The number of ether oxygens (including phenoxy) is 1. The average Bonchev–Trinajstić information content (AvgIpc) is 2.67. The van der Waals surface area contributed by atoms with Crippen molar-refractivity contribution < 1.29 is 22.7 Å². The van der Waals surface area contributed by atoms with Gasteiger partial charge in [0.05, 0.1) is 5.56 Å². The van der Waals surface area contributed by atoms with E-state index in [-0.39, 0.29) is 6.09 Å². The molecule has 1 aromatic heterocycles. The molecule has 1 amide bonds. The van der Waals surface area contributed by atoms with E-state index in [1.54, 1.807) is 11.1 Å². The Morgan fingerprint density at radius 3 is 2.17 bits per heavy atom. The minimum atomic E-state index is -4.38. The molecule has 0 aliphatic carbocycles. The predicted molar refractivity (Wildman–Crippen MR) is 107 cm³/mol. The lowest BCUT2D eigenvalue weighted by atomic mass is 10.2. The average molecular weight is 423 g/mol. The molecule has 1 aromatic carbocycles. The van der Waals surface area contributed by atoms with E-state index >= 15 is 0 Å². The number of anilines is 3. The highest BCUT2D eigenvalue weighted by molar-refractivity contribution is 5.70. The summed E-state index contributed by atoms with van der Waals surface area (Å²) in [7, 11) is 0. The van der Waals surface area contributed by atoms with Crippen LogP contribution >= 0.6 is 0 Å². The maximum atomic E-state index is 12.7. The van der Waals surface area contributed by atoms with Crippen molar-refractivity contribution in [2.24, 2.45) is 0 Å². The second kappa shape index (κ2) is 8.37. The van der Waals surface area contributed by atoms with Gasteiger partial charge in [-0.3, -0.25) is 0 Å². The van der Waals surface area contributed by atoms with Gasteiger partial charge in [0.2, 0.25) is 0 Å².